The molecule has 14 heavy (non-hydrogen) atoms. The summed E-state index contributed by atoms with van der Waals surface area (Å²) in [6, 6.07) is 0. The van der Waals surface area contributed by atoms with E-state index in [0.29, 0.717) is 6.54 Å². The van der Waals surface area contributed by atoms with Crippen LogP contribution in [0.25, 0.3) is 16.5 Å². The molecule has 0 spiro atoms. The first-order valence-corrected chi connectivity index (χ1v) is 4.55. The van der Waals surface area contributed by atoms with E-state index in [1.165, 1.54) is 0 Å². The molecular weight excluding hydrogens is 178 g/mol. The van der Waals surface area contributed by atoms with Crippen LogP contribution < -0.4 is 0 Å². The summed E-state index contributed by atoms with van der Waals surface area (Å²) in [6.07, 6.45) is 6.24. The highest BCUT2D eigenvalue weighted by molar-refractivity contribution is 5.51. The van der Waals surface area contributed by atoms with Gasteiger partial charge in [0.2, 0.25) is 0 Å². The quantitative estimate of drug-likeness (QED) is 0.399. The molecule has 0 saturated heterocycles. The van der Waals surface area contributed by atoms with Crippen molar-refractivity contribution in [3.05, 3.63) is 33.7 Å². The Hall–Kier alpha value is -1.74. The lowest BCUT2D eigenvalue weighted by atomic mass is 10.1. The van der Waals surface area contributed by atoms with Crippen molar-refractivity contribution in [3.63, 3.8) is 0 Å². The lowest BCUT2D eigenvalue weighted by Crippen LogP contribution is -1.99. The van der Waals surface area contributed by atoms with E-state index < -0.39 is 0 Å². The fourth-order valence-electron chi connectivity index (χ4n) is 1.66. The van der Waals surface area contributed by atoms with Crippen molar-refractivity contribution in [3.8, 4) is 0 Å². The predicted octanol–water partition coefficient (Wildman–Crippen LogP) is 2.19. The van der Waals surface area contributed by atoms with Crippen LogP contribution in [0, 0.1) is 0 Å². The lowest BCUT2D eigenvalue weighted by molar-refractivity contribution is 0.785. The summed E-state index contributed by atoms with van der Waals surface area (Å²) < 4.78 is 1.99. The topological polar surface area (TPSA) is 66.6 Å². The standard InChI is InChI=1S/C9H11N5/c1-14-8-5-3-2-4-7(8)12-9(14)6-11-13-10/h3,5H,2,4,6H2,1H3. The van der Waals surface area contributed by atoms with Crippen molar-refractivity contribution in [2.45, 2.75) is 19.4 Å². The zero-order valence-electron chi connectivity index (χ0n) is 8.01. The molecule has 0 radical (unpaired) electrons. The van der Waals surface area contributed by atoms with E-state index >= 15 is 0 Å². The Balaban J connectivity index is 2.39. The molecule has 2 rings (SSSR count). The normalized spacial score (nSPS) is 13.5. The largest absolute Gasteiger partial charge is 0.331 e. The highest BCUT2D eigenvalue weighted by Gasteiger charge is 2.13. The number of rotatable bonds is 2. The van der Waals surface area contributed by atoms with Crippen LogP contribution in [0.5, 0.6) is 0 Å². The third kappa shape index (κ3) is 1.38. The smallest absolute Gasteiger partial charge is 0.115 e. The molecule has 0 aliphatic heterocycles. The van der Waals surface area contributed by atoms with Gasteiger partial charge in [-0.25, -0.2) is 4.98 Å². The van der Waals surface area contributed by atoms with Crippen molar-refractivity contribution in [2.75, 3.05) is 0 Å². The van der Waals surface area contributed by atoms with Gasteiger partial charge in [0.25, 0.3) is 0 Å². The van der Waals surface area contributed by atoms with Gasteiger partial charge in [0.15, 0.2) is 0 Å². The number of azide groups is 1. The fraction of sp³-hybridized carbons (Fsp3) is 0.444. The summed E-state index contributed by atoms with van der Waals surface area (Å²) in [5.74, 6) is 0.833. The molecule has 0 unspecified atom stereocenters. The third-order valence-electron chi connectivity index (χ3n) is 2.41. The van der Waals surface area contributed by atoms with Crippen LogP contribution in [-0.4, -0.2) is 9.55 Å². The Bertz CT molecular complexity index is 423. The minimum Gasteiger partial charge on any atom is -0.331 e. The van der Waals surface area contributed by atoms with E-state index in [4.69, 9.17) is 5.53 Å². The molecular formula is C9H11N5. The monoisotopic (exact) mass is 189 g/mol. The molecule has 0 saturated carbocycles. The summed E-state index contributed by atoms with van der Waals surface area (Å²) in [5.41, 5.74) is 10.5. The molecule has 5 heteroatoms. The van der Waals surface area contributed by atoms with Gasteiger partial charge in [0.1, 0.15) is 5.82 Å². The van der Waals surface area contributed by atoms with E-state index in [0.717, 1.165) is 30.1 Å². The maximum absolute atomic E-state index is 8.23. The summed E-state index contributed by atoms with van der Waals surface area (Å²) in [6.45, 7) is 0.327. The molecule has 1 aromatic rings. The van der Waals surface area contributed by atoms with E-state index in [-0.39, 0.29) is 0 Å². The summed E-state index contributed by atoms with van der Waals surface area (Å²) >= 11 is 0. The average Bonchev–Trinajstić information content (AvgIpc) is 2.54. The zero-order valence-corrected chi connectivity index (χ0v) is 8.01. The van der Waals surface area contributed by atoms with Gasteiger partial charge in [-0.1, -0.05) is 11.2 Å². The number of allylic oxidation sites excluding steroid dienone is 1. The van der Waals surface area contributed by atoms with Gasteiger partial charge in [-0.2, -0.15) is 0 Å². The maximum atomic E-state index is 8.23. The van der Waals surface area contributed by atoms with Gasteiger partial charge in [-0.15, -0.1) is 0 Å². The minimum atomic E-state index is 0.327. The number of aromatic nitrogens is 2. The third-order valence-corrected chi connectivity index (χ3v) is 2.41. The molecule has 5 nitrogen and oxygen atoms in total. The van der Waals surface area contributed by atoms with Gasteiger partial charge in [0, 0.05) is 12.0 Å². The number of aryl methyl sites for hydroxylation is 1. The van der Waals surface area contributed by atoms with Crippen LogP contribution in [-0.2, 0) is 20.0 Å². The van der Waals surface area contributed by atoms with Crippen molar-refractivity contribution in [2.24, 2.45) is 12.2 Å². The van der Waals surface area contributed by atoms with Crippen molar-refractivity contribution in [1.29, 1.82) is 0 Å². The molecule has 1 aliphatic carbocycles. The number of fused-ring (bicyclic) bond motifs is 1. The number of hydrogen-bond acceptors (Lipinski definition) is 2. The van der Waals surface area contributed by atoms with Gasteiger partial charge >= 0.3 is 0 Å². The Morgan fingerprint density at radius 2 is 2.57 bits per heavy atom. The maximum Gasteiger partial charge on any atom is 0.115 e. The lowest BCUT2D eigenvalue weighted by Gasteiger charge is -2.04. The average molecular weight is 189 g/mol. The molecule has 72 valence electrons. The van der Waals surface area contributed by atoms with Crippen LogP contribution in [0.2, 0.25) is 0 Å². The Kier molecular flexibility index (Phi) is 2.24. The molecule has 0 amide bonds. The first kappa shape index (κ1) is 8.84. The Morgan fingerprint density at radius 1 is 1.71 bits per heavy atom. The van der Waals surface area contributed by atoms with Crippen molar-refractivity contribution < 1.29 is 0 Å². The molecule has 1 aliphatic rings. The molecule has 0 atom stereocenters. The first-order valence-electron chi connectivity index (χ1n) is 4.55. The molecule has 0 N–H and O–H groups in total. The molecule has 0 fully saturated rings. The summed E-state index contributed by atoms with van der Waals surface area (Å²) in [5, 5.41) is 3.52. The van der Waals surface area contributed by atoms with Gasteiger partial charge in [0.05, 0.1) is 17.9 Å². The van der Waals surface area contributed by atoms with Crippen LogP contribution >= 0.6 is 0 Å². The van der Waals surface area contributed by atoms with Crippen LogP contribution in [0.15, 0.2) is 11.2 Å². The van der Waals surface area contributed by atoms with Gasteiger partial charge < -0.3 is 4.57 Å². The van der Waals surface area contributed by atoms with Crippen molar-refractivity contribution in [1.82, 2.24) is 9.55 Å². The van der Waals surface area contributed by atoms with Crippen LogP contribution in [0.3, 0.4) is 0 Å². The van der Waals surface area contributed by atoms with Crippen LogP contribution in [0.4, 0.5) is 0 Å². The molecule has 0 bridgehead atoms. The predicted molar refractivity (Wildman–Crippen MR) is 53.4 cm³/mol. The Labute approximate surface area is 81.7 Å². The highest BCUT2D eigenvalue weighted by atomic mass is 15.2. The SMILES string of the molecule is Cn1c(CN=[N+]=[N-])nc2c1C=CCC2. The van der Waals surface area contributed by atoms with Crippen molar-refractivity contribution >= 4 is 6.08 Å². The summed E-state index contributed by atoms with van der Waals surface area (Å²) in [7, 11) is 1.95. The number of imidazole rings is 1. The van der Waals surface area contributed by atoms with Crippen LogP contribution in [0.1, 0.15) is 23.6 Å². The second kappa shape index (κ2) is 3.55. The highest BCUT2D eigenvalue weighted by Crippen LogP contribution is 2.19. The minimum absolute atomic E-state index is 0.327. The molecule has 1 heterocycles. The molecule has 1 aromatic heterocycles. The second-order valence-electron chi connectivity index (χ2n) is 3.25. The number of hydrogen-bond donors (Lipinski definition) is 0. The van der Waals surface area contributed by atoms with E-state index in [9.17, 15) is 0 Å². The first-order chi connectivity index (χ1) is 6.83. The van der Waals surface area contributed by atoms with E-state index in [2.05, 4.69) is 27.2 Å². The molecule has 0 aromatic carbocycles. The van der Waals surface area contributed by atoms with E-state index in [1.54, 1.807) is 0 Å². The van der Waals surface area contributed by atoms with Gasteiger partial charge in [-0.05, 0) is 24.4 Å². The summed E-state index contributed by atoms with van der Waals surface area (Å²) in [4.78, 5) is 7.17. The Morgan fingerprint density at radius 3 is 3.29 bits per heavy atom. The van der Waals surface area contributed by atoms with Gasteiger partial charge in [-0.3, -0.25) is 0 Å². The second-order valence-corrected chi connectivity index (χ2v) is 3.25. The van der Waals surface area contributed by atoms with E-state index in [1.807, 2.05) is 11.6 Å². The zero-order chi connectivity index (χ0) is 9.97. The number of nitrogens with zero attached hydrogens (tertiary/aromatic N) is 5. The fourth-order valence-corrected chi connectivity index (χ4v) is 1.66.